The van der Waals surface area contributed by atoms with E-state index < -0.39 is 11.7 Å². The normalized spacial score (nSPS) is 13.7. The number of likely N-dealkylation sites (N-methyl/N-ethyl adjacent to an activating group) is 1. The van der Waals surface area contributed by atoms with Gasteiger partial charge in [0.1, 0.15) is 17.3 Å². The summed E-state index contributed by atoms with van der Waals surface area (Å²) in [6.45, 7) is 3.07. The fourth-order valence-corrected chi connectivity index (χ4v) is 3.98. The number of imide groups is 1. The van der Waals surface area contributed by atoms with Crippen molar-refractivity contribution in [1.29, 1.82) is 0 Å². The molecule has 0 fully saturated rings. The molecule has 0 atom stereocenters. The summed E-state index contributed by atoms with van der Waals surface area (Å²) in [5, 5.41) is 0. The van der Waals surface area contributed by atoms with Gasteiger partial charge in [0, 0.05) is 19.6 Å². The van der Waals surface area contributed by atoms with Crippen LogP contribution in [-0.2, 0) is 22.6 Å². The van der Waals surface area contributed by atoms with Gasteiger partial charge in [-0.25, -0.2) is 8.78 Å². The Labute approximate surface area is 191 Å². The molecule has 0 saturated carbocycles. The molecular weight excluding hydrogens is 422 g/mol. The Hall–Kier alpha value is -3.80. The molecule has 0 bridgehead atoms. The largest absolute Gasteiger partial charge is 0.362 e. The van der Waals surface area contributed by atoms with Gasteiger partial charge in [-0.15, -0.1) is 0 Å². The number of halogens is 2. The second-order valence-electron chi connectivity index (χ2n) is 7.87. The van der Waals surface area contributed by atoms with E-state index in [4.69, 9.17) is 0 Å². The zero-order valence-corrected chi connectivity index (χ0v) is 18.3. The minimum atomic E-state index is -0.414. The lowest BCUT2D eigenvalue weighted by Crippen LogP contribution is -2.36. The molecular formula is C27H24F2N2O2. The van der Waals surface area contributed by atoms with Crippen molar-refractivity contribution in [3.05, 3.63) is 113 Å². The van der Waals surface area contributed by atoms with Crippen LogP contribution in [0.5, 0.6) is 0 Å². The maximum absolute atomic E-state index is 13.6. The van der Waals surface area contributed by atoms with Crippen LogP contribution < -0.4 is 0 Å². The second-order valence-corrected chi connectivity index (χ2v) is 7.87. The number of carbonyl (C=O) groups is 2. The van der Waals surface area contributed by atoms with Crippen LogP contribution in [0.2, 0.25) is 0 Å². The molecule has 0 aliphatic carbocycles. The summed E-state index contributed by atoms with van der Waals surface area (Å²) in [4.78, 5) is 30.0. The zero-order valence-electron chi connectivity index (χ0n) is 18.3. The summed E-state index contributed by atoms with van der Waals surface area (Å²) in [5.74, 6) is -1.54. The van der Waals surface area contributed by atoms with Gasteiger partial charge in [-0.1, -0.05) is 54.6 Å². The Morgan fingerprint density at radius 1 is 0.758 bits per heavy atom. The molecule has 1 heterocycles. The summed E-state index contributed by atoms with van der Waals surface area (Å²) < 4.78 is 26.8. The molecule has 0 unspecified atom stereocenters. The van der Waals surface area contributed by atoms with E-state index in [1.807, 2.05) is 42.2 Å². The van der Waals surface area contributed by atoms with E-state index >= 15 is 0 Å². The molecule has 1 aliphatic rings. The molecule has 4 rings (SSSR count). The van der Waals surface area contributed by atoms with Crippen LogP contribution in [0.25, 0.3) is 5.57 Å². The van der Waals surface area contributed by atoms with Crippen LogP contribution in [0.4, 0.5) is 8.78 Å². The van der Waals surface area contributed by atoms with Gasteiger partial charge in [-0.3, -0.25) is 14.5 Å². The van der Waals surface area contributed by atoms with E-state index in [1.54, 1.807) is 12.1 Å². The molecule has 33 heavy (non-hydrogen) atoms. The summed E-state index contributed by atoms with van der Waals surface area (Å²) in [7, 11) is 0. The highest BCUT2D eigenvalue weighted by Crippen LogP contribution is 2.32. The third kappa shape index (κ3) is 4.85. The van der Waals surface area contributed by atoms with Crippen LogP contribution in [0, 0.1) is 11.6 Å². The zero-order chi connectivity index (χ0) is 23.4. The number of amides is 2. The van der Waals surface area contributed by atoms with Crippen molar-refractivity contribution in [1.82, 2.24) is 9.80 Å². The van der Waals surface area contributed by atoms with E-state index in [9.17, 15) is 18.4 Å². The van der Waals surface area contributed by atoms with Gasteiger partial charge in [0.25, 0.3) is 11.8 Å². The number of hydrogen-bond acceptors (Lipinski definition) is 3. The van der Waals surface area contributed by atoms with Crippen molar-refractivity contribution in [3.8, 4) is 0 Å². The Morgan fingerprint density at radius 2 is 1.36 bits per heavy atom. The van der Waals surface area contributed by atoms with E-state index in [2.05, 4.69) is 0 Å². The average molecular weight is 446 g/mol. The highest BCUT2D eigenvalue weighted by atomic mass is 19.1. The van der Waals surface area contributed by atoms with E-state index in [0.29, 0.717) is 30.8 Å². The average Bonchev–Trinajstić information content (AvgIpc) is 3.08. The molecule has 3 aromatic carbocycles. The van der Waals surface area contributed by atoms with Gasteiger partial charge < -0.3 is 4.90 Å². The topological polar surface area (TPSA) is 40.6 Å². The molecule has 168 valence electrons. The van der Waals surface area contributed by atoms with Crippen LogP contribution in [0.3, 0.4) is 0 Å². The van der Waals surface area contributed by atoms with E-state index in [0.717, 1.165) is 11.1 Å². The van der Waals surface area contributed by atoms with Gasteiger partial charge in [0.2, 0.25) is 0 Å². The van der Waals surface area contributed by atoms with Gasteiger partial charge >= 0.3 is 0 Å². The number of nitrogens with zero attached hydrogens (tertiary/aromatic N) is 2. The van der Waals surface area contributed by atoms with Crippen LogP contribution in [0.1, 0.15) is 23.6 Å². The first-order valence-electron chi connectivity index (χ1n) is 10.9. The quantitative estimate of drug-likeness (QED) is 0.467. The molecule has 0 saturated heterocycles. The molecule has 4 nitrogen and oxygen atoms in total. The maximum atomic E-state index is 13.6. The Morgan fingerprint density at radius 3 is 1.97 bits per heavy atom. The SMILES string of the molecule is CCN(Cc1ccccc1)C1=C(c2ccc(F)cc2)C(=O)N(CCc2ccc(F)cc2)C1=O. The predicted molar refractivity (Wildman–Crippen MR) is 123 cm³/mol. The van der Waals surface area contributed by atoms with Crippen LogP contribution in [0.15, 0.2) is 84.6 Å². The van der Waals surface area contributed by atoms with Gasteiger partial charge in [0.15, 0.2) is 0 Å². The molecule has 6 heteroatoms. The predicted octanol–water partition coefficient (Wildman–Crippen LogP) is 4.81. The van der Waals surface area contributed by atoms with Crippen LogP contribution in [-0.4, -0.2) is 34.7 Å². The van der Waals surface area contributed by atoms with Crippen molar-refractivity contribution in [2.75, 3.05) is 13.1 Å². The standard InChI is InChI=1S/C27H24F2N2O2/c1-2-30(18-20-6-4-3-5-7-20)25-24(21-10-14-23(29)15-11-21)26(32)31(27(25)33)17-16-19-8-12-22(28)13-9-19/h3-15H,2,16-18H2,1H3. The summed E-state index contributed by atoms with van der Waals surface area (Å²) in [6, 6.07) is 21.3. The monoisotopic (exact) mass is 446 g/mol. The minimum absolute atomic E-state index is 0.167. The molecule has 0 spiro atoms. The lowest BCUT2D eigenvalue weighted by atomic mass is 10.0. The second kappa shape index (κ2) is 9.77. The van der Waals surface area contributed by atoms with Crippen molar-refractivity contribution in [3.63, 3.8) is 0 Å². The van der Waals surface area contributed by atoms with Crippen molar-refractivity contribution >= 4 is 17.4 Å². The van der Waals surface area contributed by atoms with Gasteiger partial charge in [-0.05, 0) is 54.3 Å². The molecule has 2 amide bonds. The molecule has 0 radical (unpaired) electrons. The Balaban J connectivity index is 1.67. The number of hydrogen-bond donors (Lipinski definition) is 0. The van der Waals surface area contributed by atoms with Crippen molar-refractivity contribution in [2.45, 2.75) is 19.9 Å². The summed E-state index contributed by atoms with van der Waals surface area (Å²) in [6.07, 6.45) is 0.409. The van der Waals surface area contributed by atoms with Gasteiger partial charge in [0.05, 0.1) is 5.57 Å². The van der Waals surface area contributed by atoms with E-state index in [-0.39, 0.29) is 23.8 Å². The van der Waals surface area contributed by atoms with Crippen molar-refractivity contribution in [2.24, 2.45) is 0 Å². The van der Waals surface area contributed by atoms with Gasteiger partial charge in [-0.2, -0.15) is 0 Å². The lowest BCUT2D eigenvalue weighted by Gasteiger charge is -2.25. The first kappa shape index (κ1) is 22.4. The molecule has 1 aliphatic heterocycles. The highest BCUT2D eigenvalue weighted by molar-refractivity contribution is 6.35. The molecule has 0 aromatic heterocycles. The van der Waals surface area contributed by atoms with E-state index in [1.165, 1.54) is 41.3 Å². The smallest absolute Gasteiger partial charge is 0.277 e. The Bertz CT molecular complexity index is 1170. The fourth-order valence-electron chi connectivity index (χ4n) is 3.98. The number of rotatable bonds is 8. The first-order chi connectivity index (χ1) is 16.0. The molecule has 0 N–H and O–H groups in total. The number of benzene rings is 3. The Kier molecular flexibility index (Phi) is 6.63. The van der Waals surface area contributed by atoms with Crippen LogP contribution >= 0.6 is 0 Å². The van der Waals surface area contributed by atoms with Crippen molar-refractivity contribution < 1.29 is 18.4 Å². The third-order valence-corrected chi connectivity index (χ3v) is 5.73. The lowest BCUT2D eigenvalue weighted by molar-refractivity contribution is -0.137. The number of carbonyl (C=O) groups excluding carboxylic acids is 2. The summed E-state index contributed by atoms with van der Waals surface area (Å²) in [5.41, 5.74) is 2.93. The fraction of sp³-hybridized carbons (Fsp3) is 0.185. The third-order valence-electron chi connectivity index (χ3n) is 5.73. The maximum Gasteiger partial charge on any atom is 0.277 e. The highest BCUT2D eigenvalue weighted by Gasteiger charge is 2.41. The first-order valence-corrected chi connectivity index (χ1v) is 10.9. The molecule has 3 aromatic rings. The summed E-state index contributed by atoms with van der Waals surface area (Å²) >= 11 is 0. The minimum Gasteiger partial charge on any atom is -0.362 e.